The Morgan fingerprint density at radius 2 is 2.04 bits per heavy atom. The first-order valence-corrected chi connectivity index (χ1v) is 8.95. The minimum absolute atomic E-state index is 0.0207. The number of rotatable bonds is 4. The van der Waals surface area contributed by atoms with Crippen molar-refractivity contribution in [3.63, 3.8) is 0 Å². The number of aryl methyl sites for hydroxylation is 1. The molecular weight excluding hydrogens is 312 g/mol. The van der Waals surface area contributed by atoms with Crippen molar-refractivity contribution in [2.45, 2.75) is 31.1 Å². The molecule has 1 fully saturated rings. The zero-order valence-corrected chi connectivity index (χ0v) is 14.0. The average Bonchev–Trinajstić information content (AvgIpc) is 3.00. The molecule has 0 saturated heterocycles. The SMILES string of the molecule is O=C(Cc1noc2ccccc12)NC[C@H]1C[C@@]12CCc1ccccc12. The number of nitrogens with one attached hydrogen (secondary N) is 1. The van der Waals surface area contributed by atoms with E-state index in [-0.39, 0.29) is 12.3 Å². The molecule has 1 aromatic heterocycles. The number of para-hydroxylation sites is 1. The van der Waals surface area contributed by atoms with E-state index in [4.69, 9.17) is 4.52 Å². The van der Waals surface area contributed by atoms with Crippen LogP contribution in [0.3, 0.4) is 0 Å². The minimum Gasteiger partial charge on any atom is -0.356 e. The van der Waals surface area contributed by atoms with Gasteiger partial charge < -0.3 is 9.84 Å². The van der Waals surface area contributed by atoms with E-state index in [0.29, 0.717) is 17.0 Å². The van der Waals surface area contributed by atoms with Gasteiger partial charge in [0.05, 0.1) is 6.42 Å². The number of carbonyl (C=O) groups is 1. The maximum atomic E-state index is 12.3. The molecule has 4 heteroatoms. The lowest BCUT2D eigenvalue weighted by Gasteiger charge is -2.12. The highest BCUT2D eigenvalue weighted by molar-refractivity contribution is 5.86. The number of benzene rings is 2. The summed E-state index contributed by atoms with van der Waals surface area (Å²) in [4.78, 5) is 12.3. The Bertz CT molecular complexity index is 961. The topological polar surface area (TPSA) is 55.1 Å². The fraction of sp³-hybridized carbons (Fsp3) is 0.333. The molecular formula is C21H20N2O2. The third kappa shape index (κ3) is 2.36. The number of amides is 1. The van der Waals surface area contributed by atoms with Gasteiger partial charge in [-0.1, -0.05) is 41.6 Å². The minimum atomic E-state index is 0.0207. The molecule has 0 bridgehead atoms. The Morgan fingerprint density at radius 1 is 1.20 bits per heavy atom. The van der Waals surface area contributed by atoms with E-state index in [1.54, 1.807) is 0 Å². The van der Waals surface area contributed by atoms with Crippen LogP contribution in [-0.2, 0) is 23.1 Å². The Hall–Kier alpha value is -2.62. The molecule has 2 aromatic carbocycles. The molecule has 25 heavy (non-hydrogen) atoms. The Labute approximate surface area is 146 Å². The van der Waals surface area contributed by atoms with Crippen LogP contribution in [0.1, 0.15) is 29.7 Å². The second-order valence-corrected chi connectivity index (χ2v) is 7.32. The number of nitrogens with zero attached hydrogens (tertiary/aromatic N) is 1. The Kier molecular flexibility index (Phi) is 3.20. The average molecular weight is 332 g/mol. The van der Waals surface area contributed by atoms with Gasteiger partial charge in [-0.2, -0.15) is 0 Å². The molecule has 1 heterocycles. The maximum absolute atomic E-state index is 12.3. The molecule has 3 aromatic rings. The predicted octanol–water partition coefficient (Wildman–Crippen LogP) is 3.39. The van der Waals surface area contributed by atoms with Crippen molar-refractivity contribution in [3.05, 3.63) is 65.4 Å². The molecule has 2 aliphatic rings. The van der Waals surface area contributed by atoms with Crippen molar-refractivity contribution >= 4 is 16.9 Å². The lowest BCUT2D eigenvalue weighted by molar-refractivity contribution is -0.120. The van der Waals surface area contributed by atoms with E-state index in [9.17, 15) is 4.79 Å². The fourth-order valence-electron chi connectivity index (χ4n) is 4.52. The van der Waals surface area contributed by atoms with Crippen LogP contribution in [0, 0.1) is 5.92 Å². The third-order valence-corrected chi connectivity index (χ3v) is 5.95. The lowest BCUT2D eigenvalue weighted by atomic mass is 9.95. The monoisotopic (exact) mass is 332 g/mol. The molecule has 1 spiro atoms. The smallest absolute Gasteiger partial charge is 0.226 e. The van der Waals surface area contributed by atoms with E-state index >= 15 is 0 Å². The molecule has 1 N–H and O–H groups in total. The normalized spacial score (nSPS) is 23.8. The van der Waals surface area contributed by atoms with Crippen molar-refractivity contribution in [1.29, 1.82) is 0 Å². The van der Waals surface area contributed by atoms with Gasteiger partial charge in [0.2, 0.25) is 5.91 Å². The third-order valence-electron chi connectivity index (χ3n) is 5.95. The fourth-order valence-corrected chi connectivity index (χ4v) is 4.52. The highest BCUT2D eigenvalue weighted by atomic mass is 16.5. The van der Waals surface area contributed by atoms with Crippen molar-refractivity contribution in [2.24, 2.45) is 5.92 Å². The molecule has 126 valence electrons. The molecule has 4 nitrogen and oxygen atoms in total. The molecule has 0 aliphatic heterocycles. The maximum Gasteiger partial charge on any atom is 0.226 e. The van der Waals surface area contributed by atoms with Crippen LogP contribution >= 0.6 is 0 Å². The van der Waals surface area contributed by atoms with Crippen molar-refractivity contribution in [3.8, 4) is 0 Å². The lowest BCUT2D eigenvalue weighted by Crippen LogP contribution is -2.29. The summed E-state index contributed by atoms with van der Waals surface area (Å²) in [5.41, 5.74) is 4.77. The summed E-state index contributed by atoms with van der Waals surface area (Å²) < 4.78 is 5.27. The van der Waals surface area contributed by atoms with Crippen LogP contribution in [-0.4, -0.2) is 17.6 Å². The van der Waals surface area contributed by atoms with Crippen molar-refractivity contribution in [2.75, 3.05) is 6.54 Å². The van der Waals surface area contributed by atoms with E-state index in [2.05, 4.69) is 34.7 Å². The second-order valence-electron chi connectivity index (χ2n) is 7.32. The van der Waals surface area contributed by atoms with Crippen molar-refractivity contribution in [1.82, 2.24) is 10.5 Å². The van der Waals surface area contributed by atoms with Gasteiger partial charge in [0, 0.05) is 17.3 Å². The van der Waals surface area contributed by atoms with Crippen LogP contribution in [0.25, 0.3) is 11.0 Å². The molecule has 0 radical (unpaired) electrons. The van der Waals surface area contributed by atoms with Gasteiger partial charge in [-0.3, -0.25) is 4.79 Å². The summed E-state index contributed by atoms with van der Waals surface area (Å²) in [5.74, 6) is 0.585. The first-order chi connectivity index (χ1) is 12.3. The summed E-state index contributed by atoms with van der Waals surface area (Å²) >= 11 is 0. The summed E-state index contributed by atoms with van der Waals surface area (Å²) in [5, 5.41) is 8.07. The summed E-state index contributed by atoms with van der Waals surface area (Å²) in [6, 6.07) is 16.4. The van der Waals surface area contributed by atoms with Gasteiger partial charge in [0.25, 0.3) is 0 Å². The van der Waals surface area contributed by atoms with Crippen LogP contribution in [0.2, 0.25) is 0 Å². The predicted molar refractivity (Wildman–Crippen MR) is 95.3 cm³/mol. The largest absolute Gasteiger partial charge is 0.356 e. The highest BCUT2D eigenvalue weighted by Gasteiger charge is 2.57. The molecule has 1 saturated carbocycles. The number of aromatic nitrogens is 1. The summed E-state index contributed by atoms with van der Waals surface area (Å²) in [6.45, 7) is 0.753. The highest BCUT2D eigenvalue weighted by Crippen LogP contribution is 2.61. The van der Waals surface area contributed by atoms with Gasteiger partial charge in [0.15, 0.2) is 5.58 Å². The Balaban J connectivity index is 1.22. The van der Waals surface area contributed by atoms with E-state index < -0.39 is 0 Å². The zero-order chi connectivity index (χ0) is 16.9. The van der Waals surface area contributed by atoms with Crippen LogP contribution in [0.5, 0.6) is 0 Å². The van der Waals surface area contributed by atoms with E-state index in [0.717, 1.165) is 17.5 Å². The van der Waals surface area contributed by atoms with Crippen LogP contribution in [0.4, 0.5) is 0 Å². The molecule has 2 aliphatic carbocycles. The van der Waals surface area contributed by atoms with Crippen molar-refractivity contribution < 1.29 is 9.32 Å². The van der Waals surface area contributed by atoms with E-state index in [1.807, 2.05) is 24.3 Å². The molecule has 5 rings (SSSR count). The van der Waals surface area contributed by atoms with E-state index in [1.165, 1.54) is 30.4 Å². The summed E-state index contributed by atoms with van der Waals surface area (Å²) in [7, 11) is 0. The van der Waals surface area contributed by atoms with Crippen LogP contribution in [0.15, 0.2) is 53.1 Å². The first-order valence-electron chi connectivity index (χ1n) is 8.95. The zero-order valence-electron chi connectivity index (χ0n) is 14.0. The van der Waals surface area contributed by atoms with Gasteiger partial charge in [-0.05, 0) is 48.4 Å². The quantitative estimate of drug-likeness (QED) is 0.797. The standard InChI is InChI=1S/C21H20N2O2/c24-20(11-18-16-6-2-4-8-19(16)25-23-18)22-13-15-12-21(15)10-9-14-5-1-3-7-17(14)21/h1-8,15H,9-13H2,(H,22,24)/t15-,21+/m1/s1. The van der Waals surface area contributed by atoms with Gasteiger partial charge in [-0.15, -0.1) is 0 Å². The number of carbonyl (C=O) groups excluding carboxylic acids is 1. The first kappa shape index (κ1) is 14.7. The van der Waals surface area contributed by atoms with Crippen LogP contribution < -0.4 is 5.32 Å². The van der Waals surface area contributed by atoms with Gasteiger partial charge in [-0.25, -0.2) is 0 Å². The molecule has 2 atom stereocenters. The molecule has 0 unspecified atom stereocenters. The second kappa shape index (κ2) is 5.45. The van der Waals surface area contributed by atoms with Gasteiger partial charge in [0.1, 0.15) is 5.69 Å². The summed E-state index contributed by atoms with van der Waals surface area (Å²) in [6.07, 6.45) is 3.86. The number of fused-ring (bicyclic) bond motifs is 3. The molecule has 1 amide bonds. The van der Waals surface area contributed by atoms with Gasteiger partial charge >= 0.3 is 0 Å². The Morgan fingerprint density at radius 3 is 3.00 bits per heavy atom. The number of hydrogen-bond donors (Lipinski definition) is 1. The number of hydrogen-bond acceptors (Lipinski definition) is 3.